The van der Waals surface area contributed by atoms with E-state index in [1.807, 2.05) is 17.6 Å². The normalized spacial score (nSPS) is 11.7. The molecule has 0 amide bonds. The van der Waals surface area contributed by atoms with Crippen molar-refractivity contribution in [3.63, 3.8) is 0 Å². The van der Waals surface area contributed by atoms with E-state index >= 15 is 0 Å². The fourth-order valence-electron chi connectivity index (χ4n) is 1.89. The minimum Gasteiger partial charge on any atom is -0.250 e. The number of halogens is 3. The van der Waals surface area contributed by atoms with Gasteiger partial charge in [-0.25, -0.2) is 4.98 Å². The Morgan fingerprint density at radius 1 is 1.17 bits per heavy atom. The van der Waals surface area contributed by atoms with E-state index in [1.165, 1.54) is 10.6 Å². The molecule has 1 heterocycles. The highest BCUT2D eigenvalue weighted by Gasteiger charge is 2.33. The third-order valence-corrected chi connectivity index (χ3v) is 6.55. The van der Waals surface area contributed by atoms with Crippen LogP contribution in [0.4, 0.5) is 0 Å². The van der Waals surface area contributed by atoms with Gasteiger partial charge in [0.15, 0.2) is 0 Å². The summed E-state index contributed by atoms with van der Waals surface area (Å²) in [7, 11) is 0. The Morgan fingerprint density at radius 2 is 1.89 bits per heavy atom. The van der Waals surface area contributed by atoms with Gasteiger partial charge in [-0.3, -0.25) is 0 Å². The van der Waals surface area contributed by atoms with E-state index in [2.05, 4.69) is 71.0 Å². The van der Waals surface area contributed by atoms with Crippen molar-refractivity contribution >= 4 is 59.1 Å². The summed E-state index contributed by atoms with van der Waals surface area (Å²) in [6, 6.07) is 8.41. The highest BCUT2D eigenvalue weighted by Crippen LogP contribution is 2.37. The van der Waals surface area contributed by atoms with Gasteiger partial charge in [-0.1, -0.05) is 66.0 Å². The molecule has 0 bridgehead atoms. The molecule has 2 aromatic rings. The zero-order chi connectivity index (χ0) is 13.0. The van der Waals surface area contributed by atoms with Gasteiger partial charge in [0.25, 0.3) is 0 Å². The Kier molecular flexibility index (Phi) is 5.42. The van der Waals surface area contributed by atoms with Crippen LogP contribution in [-0.4, -0.2) is 15.6 Å². The molecule has 1 aromatic heterocycles. The van der Waals surface area contributed by atoms with Crippen molar-refractivity contribution in [2.45, 2.75) is 11.8 Å². The number of aromatic nitrogens is 1. The molecule has 0 atom stereocenters. The van der Waals surface area contributed by atoms with Gasteiger partial charge >= 0.3 is 0 Å². The topological polar surface area (TPSA) is 12.9 Å². The van der Waals surface area contributed by atoms with Gasteiger partial charge in [0.2, 0.25) is 0 Å². The van der Waals surface area contributed by atoms with Crippen LogP contribution in [0.2, 0.25) is 0 Å². The molecule has 1 aromatic carbocycles. The van der Waals surface area contributed by atoms with Crippen molar-refractivity contribution in [2.75, 3.05) is 10.7 Å². The lowest BCUT2D eigenvalue weighted by Crippen LogP contribution is -2.33. The number of alkyl halides is 2. The predicted octanol–water partition coefficient (Wildman–Crippen LogP) is 5.18. The molecule has 0 saturated heterocycles. The third-order valence-electron chi connectivity index (χ3n) is 2.93. The molecule has 5 heteroatoms. The maximum atomic E-state index is 4.41. The molecular weight excluding hydrogens is 442 g/mol. The van der Waals surface area contributed by atoms with Crippen LogP contribution in [0.25, 0.3) is 0 Å². The van der Waals surface area contributed by atoms with Crippen LogP contribution in [0, 0.1) is 0 Å². The minimum absolute atomic E-state index is 0.0257. The molecule has 1 nitrogen and oxygen atoms in total. The number of benzene rings is 1. The standard InChI is InChI=1S/C13H12Br3NS/c14-8-13(9-15,7-12-17-5-6-18-12)10-3-1-2-4-11(10)16/h1-6H,7-9H2. The van der Waals surface area contributed by atoms with Crippen LogP contribution >= 0.6 is 59.1 Å². The van der Waals surface area contributed by atoms with Gasteiger partial charge < -0.3 is 0 Å². The van der Waals surface area contributed by atoms with Crippen molar-refractivity contribution in [1.29, 1.82) is 0 Å². The van der Waals surface area contributed by atoms with E-state index in [4.69, 9.17) is 0 Å². The SMILES string of the molecule is BrCC(CBr)(Cc1nccs1)c1ccccc1Br. The second kappa shape index (κ2) is 6.64. The highest BCUT2D eigenvalue weighted by molar-refractivity contribution is 9.10. The minimum atomic E-state index is 0.0257. The maximum Gasteiger partial charge on any atom is 0.0934 e. The summed E-state index contributed by atoms with van der Waals surface area (Å²) in [6.07, 6.45) is 2.80. The number of hydrogen-bond donors (Lipinski definition) is 0. The van der Waals surface area contributed by atoms with Crippen molar-refractivity contribution in [2.24, 2.45) is 0 Å². The summed E-state index contributed by atoms with van der Waals surface area (Å²) in [5.41, 5.74) is 1.34. The van der Waals surface area contributed by atoms with E-state index in [0.717, 1.165) is 21.6 Å². The molecule has 0 aliphatic rings. The first kappa shape index (κ1) is 14.7. The highest BCUT2D eigenvalue weighted by atomic mass is 79.9. The predicted molar refractivity (Wildman–Crippen MR) is 89.2 cm³/mol. The van der Waals surface area contributed by atoms with Crippen LogP contribution in [0.3, 0.4) is 0 Å². The Labute approximate surface area is 136 Å². The smallest absolute Gasteiger partial charge is 0.0934 e. The van der Waals surface area contributed by atoms with Crippen molar-refractivity contribution in [3.8, 4) is 0 Å². The number of thiazole rings is 1. The zero-order valence-electron chi connectivity index (χ0n) is 9.57. The van der Waals surface area contributed by atoms with Crippen LogP contribution in [0.1, 0.15) is 10.6 Å². The van der Waals surface area contributed by atoms with E-state index in [1.54, 1.807) is 11.3 Å². The van der Waals surface area contributed by atoms with Crippen molar-refractivity contribution < 1.29 is 0 Å². The summed E-state index contributed by atoms with van der Waals surface area (Å²) in [4.78, 5) is 4.41. The molecular formula is C13H12Br3NS. The number of rotatable bonds is 5. The molecule has 18 heavy (non-hydrogen) atoms. The molecule has 0 saturated carbocycles. The molecule has 0 fully saturated rings. The third kappa shape index (κ3) is 3.06. The molecule has 0 spiro atoms. The van der Waals surface area contributed by atoms with Crippen LogP contribution in [0.15, 0.2) is 40.3 Å². The average Bonchev–Trinajstić information content (AvgIpc) is 2.90. The Hall–Kier alpha value is 0.290. The second-order valence-electron chi connectivity index (χ2n) is 4.13. The molecule has 0 N–H and O–H groups in total. The Bertz CT molecular complexity index is 495. The summed E-state index contributed by atoms with van der Waals surface area (Å²) < 4.78 is 1.15. The quantitative estimate of drug-likeness (QED) is 0.569. The van der Waals surface area contributed by atoms with Crippen LogP contribution < -0.4 is 0 Å². The first-order chi connectivity index (χ1) is 8.72. The Morgan fingerprint density at radius 3 is 2.44 bits per heavy atom. The lowest BCUT2D eigenvalue weighted by atomic mass is 9.81. The molecule has 96 valence electrons. The summed E-state index contributed by atoms with van der Waals surface area (Å²) >= 11 is 12.7. The van der Waals surface area contributed by atoms with Gasteiger partial charge in [-0.05, 0) is 11.6 Å². The van der Waals surface area contributed by atoms with E-state index in [0.29, 0.717) is 0 Å². The van der Waals surface area contributed by atoms with Crippen LogP contribution in [-0.2, 0) is 11.8 Å². The number of nitrogens with zero attached hydrogens (tertiary/aromatic N) is 1. The first-order valence-corrected chi connectivity index (χ1v) is 9.39. The molecule has 0 aliphatic heterocycles. The summed E-state index contributed by atoms with van der Waals surface area (Å²) in [6.45, 7) is 0. The molecule has 0 unspecified atom stereocenters. The van der Waals surface area contributed by atoms with Gasteiger partial charge in [0.05, 0.1) is 5.01 Å². The Balaban J connectivity index is 2.40. The maximum absolute atomic E-state index is 4.41. The largest absolute Gasteiger partial charge is 0.250 e. The zero-order valence-corrected chi connectivity index (χ0v) is 15.1. The first-order valence-electron chi connectivity index (χ1n) is 5.47. The monoisotopic (exact) mass is 451 g/mol. The van der Waals surface area contributed by atoms with Gasteiger partial charge in [0.1, 0.15) is 0 Å². The van der Waals surface area contributed by atoms with Gasteiger partial charge in [-0.15, -0.1) is 11.3 Å². The number of hydrogen-bond acceptors (Lipinski definition) is 2. The van der Waals surface area contributed by atoms with E-state index in [9.17, 15) is 0 Å². The molecule has 2 rings (SSSR count). The second-order valence-corrected chi connectivity index (χ2v) is 7.08. The van der Waals surface area contributed by atoms with Crippen molar-refractivity contribution in [1.82, 2.24) is 4.98 Å². The summed E-state index contributed by atoms with van der Waals surface area (Å²) in [5, 5.41) is 4.99. The summed E-state index contributed by atoms with van der Waals surface area (Å²) in [5.74, 6) is 0. The lowest BCUT2D eigenvalue weighted by molar-refractivity contribution is 0.547. The fraction of sp³-hybridized carbons (Fsp3) is 0.308. The molecule has 0 aliphatic carbocycles. The van der Waals surface area contributed by atoms with Crippen molar-refractivity contribution in [3.05, 3.63) is 50.9 Å². The van der Waals surface area contributed by atoms with Crippen LogP contribution in [0.5, 0.6) is 0 Å². The fourth-order valence-corrected chi connectivity index (χ4v) is 5.29. The van der Waals surface area contributed by atoms with Gasteiger partial charge in [0, 0.05) is 38.5 Å². The van der Waals surface area contributed by atoms with E-state index < -0.39 is 0 Å². The average molecular weight is 454 g/mol. The van der Waals surface area contributed by atoms with Gasteiger partial charge in [-0.2, -0.15) is 0 Å². The van der Waals surface area contributed by atoms with E-state index in [-0.39, 0.29) is 5.41 Å². The molecule has 0 radical (unpaired) electrons. The lowest BCUT2D eigenvalue weighted by Gasteiger charge is -2.30.